The van der Waals surface area contributed by atoms with Crippen molar-refractivity contribution in [3.8, 4) is 0 Å². The zero-order valence-corrected chi connectivity index (χ0v) is 11.7. The summed E-state index contributed by atoms with van der Waals surface area (Å²) in [5, 5.41) is 14.0. The Balaban J connectivity index is 2.23. The van der Waals surface area contributed by atoms with E-state index < -0.39 is 4.92 Å². The number of nitrogens with zero attached hydrogens (tertiary/aromatic N) is 2. The lowest BCUT2D eigenvalue weighted by molar-refractivity contribution is -0.384. The van der Waals surface area contributed by atoms with Gasteiger partial charge in [0.25, 0.3) is 5.69 Å². The molecular formula is C12H16N4O2S. The van der Waals surface area contributed by atoms with Crippen molar-refractivity contribution in [2.75, 3.05) is 17.3 Å². The van der Waals surface area contributed by atoms with Crippen molar-refractivity contribution in [1.29, 1.82) is 0 Å². The van der Waals surface area contributed by atoms with E-state index in [9.17, 15) is 10.1 Å². The second-order valence-corrected chi connectivity index (χ2v) is 5.16. The van der Waals surface area contributed by atoms with E-state index >= 15 is 0 Å². The number of fused-ring (bicyclic) bond motifs is 1. The molecule has 0 bridgehead atoms. The Morgan fingerprint density at radius 2 is 2.37 bits per heavy atom. The number of aromatic nitrogens is 2. The number of aromatic amines is 1. The largest absolute Gasteiger partial charge is 0.352 e. The van der Waals surface area contributed by atoms with Crippen molar-refractivity contribution in [3.63, 3.8) is 0 Å². The summed E-state index contributed by atoms with van der Waals surface area (Å²) in [7, 11) is 0. The molecular weight excluding hydrogens is 264 g/mol. The van der Waals surface area contributed by atoms with Gasteiger partial charge in [-0.25, -0.2) is 4.98 Å². The van der Waals surface area contributed by atoms with Crippen LogP contribution in [0.25, 0.3) is 11.0 Å². The molecule has 0 amide bonds. The fourth-order valence-corrected chi connectivity index (χ4v) is 2.56. The second-order valence-electron chi connectivity index (χ2n) is 4.25. The Kier molecular flexibility index (Phi) is 4.26. The molecule has 1 atom stereocenters. The third-order valence-corrected chi connectivity index (χ3v) is 3.61. The number of H-pyrrole nitrogens is 1. The minimum atomic E-state index is -0.407. The van der Waals surface area contributed by atoms with Crippen molar-refractivity contribution in [3.05, 3.63) is 28.3 Å². The SMILES string of the molecule is CCC(CSC)Nc1nc2ccc([N+](=O)[O-])cc2[nH]1. The molecule has 2 rings (SSSR count). The van der Waals surface area contributed by atoms with Crippen molar-refractivity contribution in [2.45, 2.75) is 19.4 Å². The van der Waals surface area contributed by atoms with Gasteiger partial charge in [0.15, 0.2) is 0 Å². The van der Waals surface area contributed by atoms with E-state index in [0.29, 0.717) is 17.5 Å². The van der Waals surface area contributed by atoms with Gasteiger partial charge in [0, 0.05) is 23.9 Å². The van der Waals surface area contributed by atoms with E-state index in [1.54, 1.807) is 17.8 Å². The molecule has 0 radical (unpaired) electrons. The molecule has 7 heteroatoms. The molecule has 1 aromatic heterocycles. The molecule has 1 heterocycles. The van der Waals surface area contributed by atoms with Crippen molar-refractivity contribution in [1.82, 2.24) is 9.97 Å². The normalized spacial score (nSPS) is 12.5. The molecule has 6 nitrogen and oxygen atoms in total. The van der Waals surface area contributed by atoms with E-state index in [1.807, 2.05) is 0 Å². The number of thioether (sulfide) groups is 1. The van der Waals surface area contributed by atoms with Gasteiger partial charge in [-0.2, -0.15) is 11.8 Å². The van der Waals surface area contributed by atoms with Crippen molar-refractivity contribution >= 4 is 34.4 Å². The second kappa shape index (κ2) is 5.92. The molecule has 2 aromatic rings. The van der Waals surface area contributed by atoms with E-state index in [-0.39, 0.29) is 5.69 Å². The lowest BCUT2D eigenvalue weighted by Crippen LogP contribution is -2.21. The number of anilines is 1. The van der Waals surface area contributed by atoms with E-state index in [1.165, 1.54) is 12.1 Å². The molecule has 0 spiro atoms. The van der Waals surface area contributed by atoms with Crippen LogP contribution in [-0.4, -0.2) is 32.9 Å². The topological polar surface area (TPSA) is 83.8 Å². The number of rotatable bonds is 6. The molecule has 1 aromatic carbocycles. The van der Waals surface area contributed by atoms with Crippen LogP contribution in [0.4, 0.5) is 11.6 Å². The first-order chi connectivity index (χ1) is 9.13. The van der Waals surface area contributed by atoms with Crippen molar-refractivity contribution < 1.29 is 4.92 Å². The average molecular weight is 280 g/mol. The van der Waals surface area contributed by atoms with Gasteiger partial charge in [-0.15, -0.1) is 0 Å². The number of nitrogens with one attached hydrogen (secondary N) is 2. The quantitative estimate of drug-likeness (QED) is 0.627. The fraction of sp³-hybridized carbons (Fsp3) is 0.417. The molecule has 2 N–H and O–H groups in total. The number of nitro benzene ring substituents is 1. The third-order valence-electron chi connectivity index (χ3n) is 2.88. The maximum absolute atomic E-state index is 10.7. The first-order valence-electron chi connectivity index (χ1n) is 6.03. The highest BCUT2D eigenvalue weighted by Gasteiger charge is 2.11. The third kappa shape index (κ3) is 3.17. The molecule has 0 aliphatic carbocycles. The zero-order chi connectivity index (χ0) is 13.8. The first kappa shape index (κ1) is 13.7. The van der Waals surface area contributed by atoms with Gasteiger partial charge in [0.05, 0.1) is 16.0 Å². The van der Waals surface area contributed by atoms with E-state index in [4.69, 9.17) is 0 Å². The van der Waals surface area contributed by atoms with Crippen LogP contribution < -0.4 is 5.32 Å². The molecule has 19 heavy (non-hydrogen) atoms. The summed E-state index contributed by atoms with van der Waals surface area (Å²) < 4.78 is 0. The minimum Gasteiger partial charge on any atom is -0.352 e. The number of imidazole rings is 1. The highest BCUT2D eigenvalue weighted by molar-refractivity contribution is 7.98. The van der Waals surface area contributed by atoms with Crippen molar-refractivity contribution in [2.24, 2.45) is 0 Å². The molecule has 0 aliphatic rings. The number of hydrogen-bond donors (Lipinski definition) is 2. The smallest absolute Gasteiger partial charge is 0.271 e. The van der Waals surface area contributed by atoms with Gasteiger partial charge in [-0.1, -0.05) is 6.92 Å². The molecule has 102 valence electrons. The monoisotopic (exact) mass is 280 g/mol. The first-order valence-corrected chi connectivity index (χ1v) is 7.43. The standard InChI is InChI=1S/C12H16N4O2S/c1-3-8(7-19-2)13-12-14-10-5-4-9(16(17)18)6-11(10)15-12/h4-6,8H,3,7H2,1-2H3,(H2,13,14,15). The van der Waals surface area contributed by atoms with Crippen LogP contribution in [0.3, 0.4) is 0 Å². The Bertz CT molecular complexity index is 584. The van der Waals surface area contributed by atoms with Crippen LogP contribution in [0, 0.1) is 10.1 Å². The summed E-state index contributed by atoms with van der Waals surface area (Å²) >= 11 is 1.77. The molecule has 0 saturated carbocycles. The number of nitro groups is 1. The summed E-state index contributed by atoms with van der Waals surface area (Å²) in [5.41, 5.74) is 1.47. The lowest BCUT2D eigenvalue weighted by Gasteiger charge is -2.14. The summed E-state index contributed by atoms with van der Waals surface area (Å²) in [5.74, 6) is 1.66. The average Bonchev–Trinajstić information content (AvgIpc) is 2.79. The Morgan fingerprint density at radius 3 is 3.00 bits per heavy atom. The van der Waals surface area contributed by atoms with Gasteiger partial charge in [0.1, 0.15) is 0 Å². The highest BCUT2D eigenvalue weighted by atomic mass is 32.2. The summed E-state index contributed by atoms with van der Waals surface area (Å²) in [4.78, 5) is 17.8. The Hall–Kier alpha value is -1.76. The van der Waals surface area contributed by atoms with Gasteiger partial charge in [-0.3, -0.25) is 10.1 Å². The van der Waals surface area contributed by atoms with Crippen LogP contribution in [0.5, 0.6) is 0 Å². The Morgan fingerprint density at radius 1 is 1.58 bits per heavy atom. The molecule has 0 saturated heterocycles. The molecule has 0 fully saturated rings. The summed E-state index contributed by atoms with van der Waals surface area (Å²) in [6, 6.07) is 4.96. The Labute approximate surface area is 115 Å². The zero-order valence-electron chi connectivity index (χ0n) is 10.8. The molecule has 0 aliphatic heterocycles. The lowest BCUT2D eigenvalue weighted by atomic mass is 10.3. The number of hydrogen-bond acceptors (Lipinski definition) is 5. The van der Waals surface area contributed by atoms with Gasteiger partial charge in [0.2, 0.25) is 5.95 Å². The van der Waals surface area contributed by atoms with Gasteiger partial charge < -0.3 is 10.3 Å². The number of non-ortho nitro benzene ring substituents is 1. The van der Waals surface area contributed by atoms with Gasteiger partial charge >= 0.3 is 0 Å². The molecule has 1 unspecified atom stereocenters. The van der Waals surface area contributed by atoms with Crippen LogP contribution in [0.1, 0.15) is 13.3 Å². The van der Waals surface area contributed by atoms with E-state index in [2.05, 4.69) is 28.5 Å². The predicted molar refractivity (Wildman–Crippen MR) is 78.8 cm³/mol. The van der Waals surface area contributed by atoms with Gasteiger partial charge in [-0.05, 0) is 18.7 Å². The fourth-order valence-electron chi connectivity index (χ4n) is 1.84. The van der Waals surface area contributed by atoms with Crippen LogP contribution in [0.2, 0.25) is 0 Å². The maximum atomic E-state index is 10.7. The summed E-state index contributed by atoms with van der Waals surface area (Å²) in [6.07, 6.45) is 3.06. The van der Waals surface area contributed by atoms with Crippen LogP contribution in [-0.2, 0) is 0 Å². The number of benzene rings is 1. The predicted octanol–water partition coefficient (Wildman–Crippen LogP) is 3.02. The highest BCUT2D eigenvalue weighted by Crippen LogP contribution is 2.21. The summed E-state index contributed by atoms with van der Waals surface area (Å²) in [6.45, 7) is 2.11. The van der Waals surface area contributed by atoms with E-state index in [0.717, 1.165) is 17.7 Å². The minimum absolute atomic E-state index is 0.0684. The van der Waals surface area contributed by atoms with Crippen LogP contribution in [0.15, 0.2) is 18.2 Å². The van der Waals surface area contributed by atoms with Crippen LogP contribution >= 0.6 is 11.8 Å². The maximum Gasteiger partial charge on any atom is 0.271 e.